The number of halogens is 3. The van der Waals surface area contributed by atoms with Gasteiger partial charge in [0.25, 0.3) is 5.91 Å². The zero-order valence-corrected chi connectivity index (χ0v) is 15.5. The van der Waals surface area contributed by atoms with E-state index in [9.17, 15) is 18.0 Å². The molecule has 0 atom stereocenters. The van der Waals surface area contributed by atoms with E-state index in [1.54, 1.807) is 10.9 Å². The van der Waals surface area contributed by atoms with Gasteiger partial charge < -0.3 is 14.5 Å². The molecule has 0 unspecified atom stereocenters. The Bertz CT molecular complexity index is 1130. The Morgan fingerprint density at radius 1 is 1.10 bits per heavy atom. The number of carbonyl (C=O) groups is 1. The summed E-state index contributed by atoms with van der Waals surface area (Å²) in [5, 5.41) is 6.91. The van der Waals surface area contributed by atoms with Gasteiger partial charge in [0.05, 0.1) is 24.1 Å². The van der Waals surface area contributed by atoms with E-state index in [-0.39, 0.29) is 11.3 Å². The van der Waals surface area contributed by atoms with Gasteiger partial charge >= 0.3 is 6.18 Å². The van der Waals surface area contributed by atoms with Gasteiger partial charge in [-0.05, 0) is 36.4 Å². The van der Waals surface area contributed by atoms with Crippen LogP contribution >= 0.6 is 0 Å². The number of nitrogens with zero attached hydrogens (tertiary/aromatic N) is 4. The van der Waals surface area contributed by atoms with Crippen LogP contribution in [-0.4, -0.2) is 37.9 Å². The van der Waals surface area contributed by atoms with E-state index >= 15 is 0 Å². The first-order valence-corrected chi connectivity index (χ1v) is 8.92. The first kappa shape index (κ1) is 19.5. The normalized spacial score (nSPS) is 11.6. The molecule has 0 aliphatic heterocycles. The molecule has 0 saturated heterocycles. The van der Waals surface area contributed by atoms with Crippen LogP contribution in [-0.2, 0) is 6.54 Å². The van der Waals surface area contributed by atoms with Crippen LogP contribution in [0.3, 0.4) is 0 Å². The van der Waals surface area contributed by atoms with Crippen molar-refractivity contribution in [3.63, 3.8) is 0 Å². The van der Waals surface area contributed by atoms with Crippen molar-refractivity contribution in [1.82, 2.24) is 19.2 Å². The van der Waals surface area contributed by atoms with E-state index in [2.05, 4.69) is 20.1 Å². The van der Waals surface area contributed by atoms with Gasteiger partial charge in [0, 0.05) is 24.2 Å². The van der Waals surface area contributed by atoms with Crippen molar-refractivity contribution in [1.29, 1.82) is 0 Å². The third-order valence-electron chi connectivity index (χ3n) is 4.15. The average molecular weight is 415 g/mol. The molecule has 10 heteroatoms. The zero-order chi connectivity index (χ0) is 21.1. The molecule has 4 rings (SSSR count). The van der Waals surface area contributed by atoms with Crippen LogP contribution in [0.15, 0.2) is 67.3 Å². The molecule has 0 bridgehead atoms. The highest BCUT2D eigenvalue weighted by Gasteiger charge is 2.28. The molecule has 0 aliphatic carbocycles. The lowest BCUT2D eigenvalue weighted by Gasteiger charge is -2.09. The highest BCUT2D eigenvalue weighted by atomic mass is 19.4. The summed E-state index contributed by atoms with van der Waals surface area (Å²) in [6.45, 7) is -0.952. The molecular weight excluding hydrogens is 399 g/mol. The van der Waals surface area contributed by atoms with Gasteiger partial charge in [0.2, 0.25) is 0 Å². The van der Waals surface area contributed by atoms with Gasteiger partial charge in [0.1, 0.15) is 11.4 Å². The predicted molar refractivity (Wildman–Crippen MR) is 102 cm³/mol. The van der Waals surface area contributed by atoms with Crippen molar-refractivity contribution in [2.45, 2.75) is 12.7 Å². The summed E-state index contributed by atoms with van der Waals surface area (Å²) in [5.41, 5.74) is 2.41. The highest BCUT2D eigenvalue weighted by Crippen LogP contribution is 2.19. The standard InChI is InChI=1S/C20H16F3N5O2/c21-20(22,23)13-30-17-6-4-14(5-7-17)19(29)26-15-9-24-28(11-15)12-16-10-27-8-2-1-3-18(27)25-16/h1-11H,12-13H2,(H,26,29). The van der Waals surface area contributed by atoms with E-state index < -0.39 is 18.7 Å². The second kappa shape index (κ2) is 7.90. The Morgan fingerprint density at radius 3 is 2.63 bits per heavy atom. The van der Waals surface area contributed by atoms with Gasteiger partial charge in [-0.25, -0.2) is 4.98 Å². The Balaban J connectivity index is 1.36. The number of aromatic nitrogens is 4. The number of amides is 1. The SMILES string of the molecule is O=C(Nc1cnn(Cc2cn3ccccc3n2)c1)c1ccc(OCC(F)(F)F)cc1. The molecule has 0 saturated carbocycles. The summed E-state index contributed by atoms with van der Waals surface area (Å²) in [4.78, 5) is 16.8. The predicted octanol–water partition coefficient (Wildman–Crippen LogP) is 3.77. The summed E-state index contributed by atoms with van der Waals surface area (Å²) in [5.74, 6) is -0.381. The lowest BCUT2D eigenvalue weighted by Crippen LogP contribution is -2.19. The molecule has 1 amide bonds. The third-order valence-corrected chi connectivity index (χ3v) is 4.15. The lowest BCUT2D eigenvalue weighted by atomic mass is 10.2. The minimum atomic E-state index is -4.42. The number of hydrogen-bond acceptors (Lipinski definition) is 4. The van der Waals surface area contributed by atoms with Crippen molar-refractivity contribution in [3.05, 3.63) is 78.5 Å². The smallest absolute Gasteiger partial charge is 0.422 e. The number of imidazole rings is 1. The number of benzene rings is 1. The van der Waals surface area contributed by atoms with Crippen LogP contribution in [0.25, 0.3) is 5.65 Å². The van der Waals surface area contributed by atoms with Gasteiger partial charge in [-0.2, -0.15) is 18.3 Å². The van der Waals surface area contributed by atoms with Crippen molar-refractivity contribution < 1.29 is 22.7 Å². The fourth-order valence-corrected chi connectivity index (χ4v) is 2.81. The second-order valence-corrected chi connectivity index (χ2v) is 6.51. The van der Waals surface area contributed by atoms with E-state index in [1.165, 1.54) is 30.5 Å². The van der Waals surface area contributed by atoms with Crippen molar-refractivity contribution in [3.8, 4) is 5.75 Å². The molecule has 0 aliphatic rings. The number of hydrogen-bond donors (Lipinski definition) is 1. The topological polar surface area (TPSA) is 73.5 Å². The van der Waals surface area contributed by atoms with Crippen LogP contribution in [0.1, 0.15) is 16.1 Å². The number of ether oxygens (including phenoxy) is 1. The zero-order valence-electron chi connectivity index (χ0n) is 15.5. The molecule has 3 heterocycles. The summed E-state index contributed by atoms with van der Waals surface area (Å²) in [6, 6.07) is 11.1. The van der Waals surface area contributed by atoms with Crippen LogP contribution in [0.4, 0.5) is 18.9 Å². The first-order valence-electron chi connectivity index (χ1n) is 8.92. The number of anilines is 1. The van der Waals surface area contributed by atoms with Crippen LogP contribution < -0.4 is 10.1 Å². The van der Waals surface area contributed by atoms with Crippen molar-refractivity contribution in [2.75, 3.05) is 11.9 Å². The minimum absolute atomic E-state index is 0.0316. The maximum atomic E-state index is 12.3. The van der Waals surface area contributed by atoms with Crippen LogP contribution in [0.2, 0.25) is 0 Å². The van der Waals surface area contributed by atoms with Gasteiger partial charge in [-0.15, -0.1) is 0 Å². The fraction of sp³-hybridized carbons (Fsp3) is 0.150. The fourth-order valence-electron chi connectivity index (χ4n) is 2.81. The van der Waals surface area contributed by atoms with Gasteiger partial charge in [-0.3, -0.25) is 9.48 Å². The Labute approximate surface area is 168 Å². The van der Waals surface area contributed by atoms with Crippen LogP contribution in [0, 0.1) is 0 Å². The largest absolute Gasteiger partial charge is 0.484 e. The molecule has 0 radical (unpaired) electrons. The molecule has 30 heavy (non-hydrogen) atoms. The average Bonchev–Trinajstić information content (AvgIpc) is 3.32. The molecule has 1 aromatic carbocycles. The molecule has 4 aromatic rings. The molecule has 7 nitrogen and oxygen atoms in total. The van der Waals surface area contributed by atoms with E-state index in [1.807, 2.05) is 35.0 Å². The molecule has 154 valence electrons. The van der Waals surface area contributed by atoms with Gasteiger partial charge in [-0.1, -0.05) is 6.07 Å². The number of fused-ring (bicyclic) bond motifs is 1. The summed E-state index contributed by atoms with van der Waals surface area (Å²) < 4.78 is 44.7. The number of rotatable bonds is 6. The van der Waals surface area contributed by atoms with Gasteiger partial charge in [0.15, 0.2) is 6.61 Å². The van der Waals surface area contributed by atoms with Crippen LogP contribution in [0.5, 0.6) is 5.75 Å². The summed E-state index contributed by atoms with van der Waals surface area (Å²) in [7, 11) is 0. The molecule has 1 N–H and O–H groups in total. The Kier molecular flexibility index (Phi) is 5.13. The number of alkyl halides is 3. The minimum Gasteiger partial charge on any atom is -0.484 e. The Morgan fingerprint density at radius 2 is 1.90 bits per heavy atom. The maximum Gasteiger partial charge on any atom is 0.422 e. The quantitative estimate of drug-likeness (QED) is 0.520. The van der Waals surface area contributed by atoms with Crippen molar-refractivity contribution >= 4 is 17.2 Å². The monoisotopic (exact) mass is 415 g/mol. The number of nitrogens with one attached hydrogen (secondary N) is 1. The van der Waals surface area contributed by atoms with E-state index in [0.29, 0.717) is 12.2 Å². The summed E-state index contributed by atoms with van der Waals surface area (Å²) >= 11 is 0. The number of carbonyl (C=O) groups excluding carboxylic acids is 1. The molecule has 0 fully saturated rings. The van der Waals surface area contributed by atoms with Crippen molar-refractivity contribution in [2.24, 2.45) is 0 Å². The molecule has 0 spiro atoms. The second-order valence-electron chi connectivity index (χ2n) is 6.51. The maximum absolute atomic E-state index is 12.3. The Hall–Kier alpha value is -3.82. The molecule has 3 aromatic heterocycles. The first-order chi connectivity index (χ1) is 14.4. The number of pyridine rings is 1. The molecular formula is C20H16F3N5O2. The third kappa shape index (κ3) is 4.77. The van der Waals surface area contributed by atoms with E-state index in [4.69, 9.17) is 0 Å². The van der Waals surface area contributed by atoms with E-state index in [0.717, 1.165) is 11.3 Å². The summed E-state index contributed by atoms with van der Waals surface area (Å²) in [6.07, 6.45) is 2.56. The highest BCUT2D eigenvalue weighted by molar-refractivity contribution is 6.04. The lowest BCUT2D eigenvalue weighted by molar-refractivity contribution is -0.153.